The number of carbonyl (C=O) groups is 1. The molecular formula is C18H25NO. The van der Waals surface area contributed by atoms with Crippen LogP contribution in [-0.4, -0.2) is 30.3 Å². The highest BCUT2D eigenvalue weighted by molar-refractivity contribution is 5.83. The largest absolute Gasteiger partial charge is 0.298 e. The third kappa shape index (κ3) is 3.29. The minimum absolute atomic E-state index is 0.361. The maximum Gasteiger partial charge on any atom is 0.149 e. The molecule has 108 valence electrons. The number of hydrogen-bond acceptors (Lipinski definition) is 2. The van der Waals surface area contributed by atoms with Gasteiger partial charge in [-0.25, -0.2) is 0 Å². The molecule has 1 aromatic rings. The van der Waals surface area contributed by atoms with E-state index in [0.717, 1.165) is 25.9 Å². The van der Waals surface area contributed by atoms with Gasteiger partial charge in [0.05, 0.1) is 6.54 Å². The second kappa shape index (κ2) is 6.53. The molecule has 1 saturated carbocycles. The Morgan fingerprint density at radius 2 is 1.80 bits per heavy atom. The quantitative estimate of drug-likeness (QED) is 0.833. The maximum absolute atomic E-state index is 12.4. The topological polar surface area (TPSA) is 20.3 Å². The Kier molecular flexibility index (Phi) is 4.51. The number of nitrogens with zero attached hydrogens (tertiary/aromatic N) is 1. The molecule has 0 N–H and O–H groups in total. The Hall–Kier alpha value is -1.15. The lowest BCUT2D eigenvalue weighted by Gasteiger charge is -2.23. The summed E-state index contributed by atoms with van der Waals surface area (Å²) in [6, 6.07) is 10.7. The van der Waals surface area contributed by atoms with Crippen LogP contribution in [-0.2, 0) is 4.79 Å². The van der Waals surface area contributed by atoms with E-state index in [1.807, 2.05) is 0 Å². The zero-order valence-corrected chi connectivity index (χ0v) is 12.3. The standard InChI is InChI=1S/C18H25NO/c20-18(16-9-5-2-6-10-16)14-19-12-11-17(13-19)15-7-3-1-4-8-15/h1,3-4,7-8,16-17H,2,5-6,9-14H2. The smallest absolute Gasteiger partial charge is 0.149 e. The lowest BCUT2D eigenvalue weighted by atomic mass is 9.86. The first-order valence-corrected chi connectivity index (χ1v) is 8.13. The van der Waals surface area contributed by atoms with Gasteiger partial charge in [-0.05, 0) is 37.3 Å². The Balaban J connectivity index is 1.51. The second-order valence-corrected chi connectivity index (χ2v) is 6.43. The van der Waals surface area contributed by atoms with E-state index in [2.05, 4.69) is 35.2 Å². The van der Waals surface area contributed by atoms with Gasteiger partial charge in [-0.3, -0.25) is 9.69 Å². The number of rotatable bonds is 4. The summed E-state index contributed by atoms with van der Waals surface area (Å²) >= 11 is 0. The van der Waals surface area contributed by atoms with Gasteiger partial charge in [-0.1, -0.05) is 49.6 Å². The Labute approximate surface area is 122 Å². The van der Waals surface area contributed by atoms with Crippen molar-refractivity contribution in [2.75, 3.05) is 19.6 Å². The van der Waals surface area contributed by atoms with E-state index in [-0.39, 0.29) is 0 Å². The average molecular weight is 271 g/mol. The van der Waals surface area contributed by atoms with Crippen molar-refractivity contribution in [3.05, 3.63) is 35.9 Å². The normalized spacial score (nSPS) is 24.9. The van der Waals surface area contributed by atoms with Gasteiger partial charge in [-0.2, -0.15) is 0 Å². The Morgan fingerprint density at radius 1 is 1.05 bits per heavy atom. The molecule has 2 fully saturated rings. The van der Waals surface area contributed by atoms with Crippen LogP contribution < -0.4 is 0 Å². The summed E-state index contributed by atoms with van der Waals surface area (Å²) in [6.45, 7) is 2.83. The van der Waals surface area contributed by atoms with Crippen LogP contribution in [0.3, 0.4) is 0 Å². The highest BCUT2D eigenvalue weighted by Gasteiger charge is 2.28. The van der Waals surface area contributed by atoms with Gasteiger partial charge in [-0.15, -0.1) is 0 Å². The van der Waals surface area contributed by atoms with E-state index < -0.39 is 0 Å². The molecule has 0 radical (unpaired) electrons. The van der Waals surface area contributed by atoms with Gasteiger partial charge >= 0.3 is 0 Å². The zero-order chi connectivity index (χ0) is 13.8. The predicted octanol–water partition coefficient (Wildman–Crippen LogP) is 3.63. The summed E-state index contributed by atoms with van der Waals surface area (Å²) < 4.78 is 0. The van der Waals surface area contributed by atoms with Crippen molar-refractivity contribution in [3.8, 4) is 0 Å². The lowest BCUT2D eigenvalue weighted by molar-refractivity contribution is -0.124. The summed E-state index contributed by atoms with van der Waals surface area (Å²) in [5.41, 5.74) is 1.43. The van der Waals surface area contributed by atoms with Gasteiger partial charge in [0.15, 0.2) is 0 Å². The van der Waals surface area contributed by atoms with Gasteiger partial charge in [0, 0.05) is 12.5 Å². The third-order valence-electron chi connectivity index (χ3n) is 4.98. The van der Waals surface area contributed by atoms with E-state index in [1.54, 1.807) is 0 Å². The summed E-state index contributed by atoms with van der Waals surface area (Å²) in [6.07, 6.45) is 7.29. The van der Waals surface area contributed by atoms with Gasteiger partial charge in [0.1, 0.15) is 5.78 Å². The van der Waals surface area contributed by atoms with Crippen molar-refractivity contribution in [1.29, 1.82) is 0 Å². The number of ketones is 1. The zero-order valence-electron chi connectivity index (χ0n) is 12.3. The molecule has 2 nitrogen and oxygen atoms in total. The molecule has 0 bridgehead atoms. The number of carbonyl (C=O) groups excluding carboxylic acids is 1. The number of benzene rings is 1. The molecule has 0 amide bonds. The first-order chi connectivity index (χ1) is 9.83. The first-order valence-electron chi connectivity index (χ1n) is 8.13. The summed E-state index contributed by atoms with van der Waals surface area (Å²) in [5.74, 6) is 1.48. The van der Waals surface area contributed by atoms with Crippen molar-refractivity contribution in [1.82, 2.24) is 4.90 Å². The van der Waals surface area contributed by atoms with Crippen molar-refractivity contribution in [2.24, 2.45) is 5.92 Å². The number of likely N-dealkylation sites (tertiary alicyclic amines) is 1. The van der Waals surface area contributed by atoms with E-state index in [1.165, 1.54) is 31.2 Å². The second-order valence-electron chi connectivity index (χ2n) is 6.43. The molecule has 1 aliphatic carbocycles. The number of hydrogen-bond donors (Lipinski definition) is 0. The van der Waals surface area contributed by atoms with E-state index in [9.17, 15) is 4.79 Å². The van der Waals surface area contributed by atoms with Crippen molar-refractivity contribution >= 4 is 5.78 Å². The predicted molar refractivity (Wildman–Crippen MR) is 81.8 cm³/mol. The lowest BCUT2D eigenvalue weighted by Crippen LogP contribution is -2.32. The van der Waals surface area contributed by atoms with E-state index >= 15 is 0 Å². The third-order valence-corrected chi connectivity index (χ3v) is 4.98. The fraction of sp³-hybridized carbons (Fsp3) is 0.611. The van der Waals surface area contributed by atoms with Crippen LogP contribution in [0.2, 0.25) is 0 Å². The summed E-state index contributed by atoms with van der Waals surface area (Å²) in [4.78, 5) is 14.7. The van der Waals surface area contributed by atoms with Gasteiger partial charge < -0.3 is 0 Å². The molecule has 1 aromatic carbocycles. The van der Waals surface area contributed by atoms with Crippen molar-refractivity contribution in [3.63, 3.8) is 0 Å². The van der Waals surface area contributed by atoms with Crippen molar-refractivity contribution in [2.45, 2.75) is 44.4 Å². The SMILES string of the molecule is O=C(CN1CCC(c2ccccc2)C1)C1CCCCC1. The molecule has 1 heterocycles. The van der Waals surface area contributed by atoms with Crippen LogP contribution in [0.1, 0.15) is 50.0 Å². The Bertz CT molecular complexity index is 436. The van der Waals surface area contributed by atoms with Crippen LogP contribution in [0.15, 0.2) is 30.3 Å². The molecule has 2 heteroatoms. The monoisotopic (exact) mass is 271 g/mol. The van der Waals surface area contributed by atoms with E-state index in [4.69, 9.17) is 0 Å². The molecule has 0 spiro atoms. The average Bonchev–Trinajstić information content (AvgIpc) is 2.97. The van der Waals surface area contributed by atoms with Crippen LogP contribution in [0.5, 0.6) is 0 Å². The summed E-state index contributed by atoms with van der Waals surface area (Å²) in [5, 5.41) is 0. The minimum atomic E-state index is 0.361. The highest BCUT2D eigenvalue weighted by Crippen LogP contribution is 2.28. The fourth-order valence-electron chi connectivity index (χ4n) is 3.75. The van der Waals surface area contributed by atoms with Crippen LogP contribution in [0.25, 0.3) is 0 Å². The minimum Gasteiger partial charge on any atom is -0.298 e. The number of Topliss-reactive ketones (excluding diaryl/α,β-unsaturated/α-hetero) is 1. The molecular weight excluding hydrogens is 246 g/mol. The molecule has 1 saturated heterocycles. The van der Waals surface area contributed by atoms with E-state index in [0.29, 0.717) is 24.2 Å². The fourth-order valence-corrected chi connectivity index (χ4v) is 3.75. The summed E-state index contributed by atoms with van der Waals surface area (Å²) in [7, 11) is 0. The molecule has 3 rings (SSSR count). The van der Waals surface area contributed by atoms with Gasteiger partial charge in [0.25, 0.3) is 0 Å². The van der Waals surface area contributed by atoms with Crippen LogP contribution in [0, 0.1) is 5.92 Å². The molecule has 20 heavy (non-hydrogen) atoms. The van der Waals surface area contributed by atoms with Crippen molar-refractivity contribution < 1.29 is 4.79 Å². The maximum atomic E-state index is 12.4. The first kappa shape index (κ1) is 13.8. The molecule has 1 atom stereocenters. The highest BCUT2D eigenvalue weighted by atomic mass is 16.1. The Morgan fingerprint density at radius 3 is 2.55 bits per heavy atom. The molecule has 2 aliphatic rings. The molecule has 0 aromatic heterocycles. The molecule has 1 unspecified atom stereocenters. The molecule has 1 aliphatic heterocycles. The van der Waals surface area contributed by atoms with Gasteiger partial charge in [0.2, 0.25) is 0 Å². The van der Waals surface area contributed by atoms with Crippen LogP contribution in [0.4, 0.5) is 0 Å². The van der Waals surface area contributed by atoms with Crippen LogP contribution >= 0.6 is 0 Å².